The highest BCUT2D eigenvalue weighted by Crippen LogP contribution is 2.22. The van der Waals surface area contributed by atoms with Crippen LogP contribution in [0.4, 0.5) is 5.82 Å². The number of aryl methyl sites for hydroxylation is 1. The summed E-state index contributed by atoms with van der Waals surface area (Å²) in [4.78, 5) is 18.3. The van der Waals surface area contributed by atoms with Crippen molar-refractivity contribution < 1.29 is 0 Å². The number of anilines is 1. The first kappa shape index (κ1) is 16.4. The van der Waals surface area contributed by atoms with Gasteiger partial charge in [0, 0.05) is 25.7 Å². The first-order valence-corrected chi connectivity index (χ1v) is 8.67. The second-order valence-electron chi connectivity index (χ2n) is 6.52. The van der Waals surface area contributed by atoms with E-state index in [1.54, 1.807) is 17.1 Å². The van der Waals surface area contributed by atoms with E-state index in [1.807, 2.05) is 19.1 Å². The molecule has 9 heteroatoms. The molecule has 0 amide bonds. The van der Waals surface area contributed by atoms with Crippen LogP contribution >= 0.6 is 0 Å². The van der Waals surface area contributed by atoms with Crippen LogP contribution in [0.1, 0.15) is 18.5 Å². The van der Waals surface area contributed by atoms with Crippen molar-refractivity contribution in [3.8, 4) is 5.82 Å². The SMILES string of the molecule is Cc1ccc(N2CCC(Cn3nc(-n4cncn4)ccc3=O)CC2)nn1. The van der Waals surface area contributed by atoms with Crippen molar-refractivity contribution in [3.63, 3.8) is 0 Å². The molecular formula is C17H20N8O. The Morgan fingerprint density at radius 1 is 1.08 bits per heavy atom. The molecule has 0 unspecified atom stereocenters. The lowest BCUT2D eigenvalue weighted by Crippen LogP contribution is -2.37. The van der Waals surface area contributed by atoms with Crippen LogP contribution in [0.3, 0.4) is 0 Å². The molecule has 4 heterocycles. The van der Waals surface area contributed by atoms with Crippen LogP contribution in [0.2, 0.25) is 0 Å². The summed E-state index contributed by atoms with van der Waals surface area (Å²) in [6.07, 6.45) is 4.98. The molecule has 134 valence electrons. The van der Waals surface area contributed by atoms with Crippen molar-refractivity contribution in [3.05, 3.63) is 53.0 Å². The Kier molecular flexibility index (Phi) is 4.42. The van der Waals surface area contributed by atoms with Gasteiger partial charge in [0.15, 0.2) is 11.6 Å². The Labute approximate surface area is 150 Å². The summed E-state index contributed by atoms with van der Waals surface area (Å²) >= 11 is 0. The monoisotopic (exact) mass is 352 g/mol. The highest BCUT2D eigenvalue weighted by atomic mass is 16.1. The molecule has 1 aliphatic heterocycles. The van der Waals surface area contributed by atoms with Crippen LogP contribution in [-0.4, -0.2) is 47.8 Å². The van der Waals surface area contributed by atoms with Crippen molar-refractivity contribution in [2.75, 3.05) is 18.0 Å². The Morgan fingerprint density at radius 2 is 1.88 bits per heavy atom. The number of rotatable bonds is 4. The van der Waals surface area contributed by atoms with Gasteiger partial charge in [-0.2, -0.15) is 10.2 Å². The smallest absolute Gasteiger partial charge is 0.266 e. The Hall–Kier alpha value is -3.10. The van der Waals surface area contributed by atoms with Gasteiger partial charge in [0.2, 0.25) is 0 Å². The molecule has 3 aromatic rings. The van der Waals surface area contributed by atoms with Crippen molar-refractivity contribution in [2.24, 2.45) is 5.92 Å². The highest BCUT2D eigenvalue weighted by Gasteiger charge is 2.21. The maximum absolute atomic E-state index is 12.2. The molecule has 9 nitrogen and oxygen atoms in total. The van der Waals surface area contributed by atoms with Gasteiger partial charge in [-0.25, -0.2) is 14.3 Å². The van der Waals surface area contributed by atoms with Crippen LogP contribution in [0.5, 0.6) is 0 Å². The summed E-state index contributed by atoms with van der Waals surface area (Å²) in [5.41, 5.74) is 0.821. The Balaban J connectivity index is 1.42. The van der Waals surface area contributed by atoms with Crippen LogP contribution < -0.4 is 10.5 Å². The van der Waals surface area contributed by atoms with Crippen molar-refractivity contribution in [2.45, 2.75) is 26.3 Å². The van der Waals surface area contributed by atoms with Crippen LogP contribution in [-0.2, 0) is 6.54 Å². The molecule has 0 spiro atoms. The predicted molar refractivity (Wildman–Crippen MR) is 95.1 cm³/mol. The first-order valence-electron chi connectivity index (χ1n) is 8.67. The van der Waals surface area contributed by atoms with Gasteiger partial charge in [-0.3, -0.25) is 4.79 Å². The molecule has 0 saturated carbocycles. The number of hydrogen-bond donors (Lipinski definition) is 0. The summed E-state index contributed by atoms with van der Waals surface area (Å²) in [7, 11) is 0. The summed E-state index contributed by atoms with van der Waals surface area (Å²) in [5, 5.41) is 16.9. The fraction of sp³-hybridized carbons (Fsp3) is 0.412. The van der Waals surface area contributed by atoms with Gasteiger partial charge < -0.3 is 4.90 Å². The summed E-state index contributed by atoms with van der Waals surface area (Å²) in [5.74, 6) is 1.91. The third-order valence-electron chi connectivity index (χ3n) is 4.66. The average Bonchev–Trinajstić information content (AvgIpc) is 3.20. The van der Waals surface area contributed by atoms with Gasteiger partial charge in [0.25, 0.3) is 5.56 Å². The Morgan fingerprint density at radius 3 is 2.58 bits per heavy atom. The molecule has 0 N–H and O–H groups in total. The average molecular weight is 352 g/mol. The molecule has 0 bridgehead atoms. The molecule has 0 atom stereocenters. The lowest BCUT2D eigenvalue weighted by atomic mass is 9.97. The third kappa shape index (κ3) is 3.46. The van der Waals surface area contributed by atoms with Gasteiger partial charge in [0.1, 0.15) is 12.7 Å². The minimum absolute atomic E-state index is 0.0966. The topological polar surface area (TPSA) is 94.6 Å². The van der Waals surface area contributed by atoms with Gasteiger partial charge >= 0.3 is 0 Å². The predicted octanol–water partition coefficient (Wildman–Crippen LogP) is 0.839. The minimum atomic E-state index is -0.0966. The molecule has 4 rings (SSSR count). The quantitative estimate of drug-likeness (QED) is 0.686. The fourth-order valence-electron chi connectivity index (χ4n) is 3.17. The zero-order chi connectivity index (χ0) is 17.9. The molecule has 0 aromatic carbocycles. The summed E-state index contributed by atoms with van der Waals surface area (Å²) in [6, 6.07) is 7.18. The third-order valence-corrected chi connectivity index (χ3v) is 4.66. The van der Waals surface area contributed by atoms with E-state index in [-0.39, 0.29) is 5.56 Å². The number of piperidine rings is 1. The van der Waals surface area contributed by atoms with Crippen LogP contribution in [0, 0.1) is 12.8 Å². The van der Waals surface area contributed by atoms with Crippen molar-refractivity contribution in [1.29, 1.82) is 0 Å². The lowest BCUT2D eigenvalue weighted by Gasteiger charge is -2.32. The second-order valence-corrected chi connectivity index (χ2v) is 6.52. The maximum atomic E-state index is 12.2. The number of aromatic nitrogens is 7. The number of nitrogens with zero attached hydrogens (tertiary/aromatic N) is 8. The molecule has 1 saturated heterocycles. The van der Waals surface area contributed by atoms with E-state index in [0.717, 1.165) is 37.4 Å². The van der Waals surface area contributed by atoms with E-state index in [9.17, 15) is 4.79 Å². The zero-order valence-electron chi connectivity index (χ0n) is 14.6. The van der Waals surface area contributed by atoms with Crippen molar-refractivity contribution >= 4 is 5.82 Å². The zero-order valence-corrected chi connectivity index (χ0v) is 14.6. The minimum Gasteiger partial charge on any atom is -0.355 e. The van der Waals surface area contributed by atoms with Gasteiger partial charge in [0.05, 0.1) is 5.69 Å². The number of hydrogen-bond acceptors (Lipinski definition) is 7. The molecule has 1 fully saturated rings. The maximum Gasteiger partial charge on any atom is 0.266 e. The van der Waals surface area contributed by atoms with E-state index in [1.165, 1.54) is 17.1 Å². The van der Waals surface area contributed by atoms with Gasteiger partial charge in [-0.1, -0.05) is 0 Å². The first-order chi connectivity index (χ1) is 12.7. The molecule has 3 aromatic heterocycles. The molecule has 1 aliphatic rings. The molecule has 0 aliphatic carbocycles. The van der Waals surface area contributed by atoms with Gasteiger partial charge in [-0.15, -0.1) is 10.2 Å². The van der Waals surface area contributed by atoms with Crippen molar-refractivity contribution in [1.82, 2.24) is 34.7 Å². The molecule has 0 radical (unpaired) electrons. The lowest BCUT2D eigenvalue weighted by molar-refractivity contribution is 0.333. The second kappa shape index (κ2) is 7.03. The fourth-order valence-corrected chi connectivity index (χ4v) is 3.17. The summed E-state index contributed by atoms with van der Waals surface area (Å²) in [6.45, 7) is 4.34. The van der Waals surface area contributed by atoms with E-state index in [2.05, 4.69) is 30.3 Å². The normalized spacial score (nSPS) is 15.3. The molecular weight excluding hydrogens is 332 g/mol. The Bertz CT molecular complexity index is 911. The standard InChI is InChI=1S/C17H20N8O/c1-13-2-3-15(21-20-13)23-8-6-14(7-9-23)10-24-17(26)5-4-16(22-24)25-12-18-11-19-25/h2-5,11-12,14H,6-10H2,1H3. The van der Waals surface area contributed by atoms with E-state index >= 15 is 0 Å². The van der Waals surface area contributed by atoms with Gasteiger partial charge in [-0.05, 0) is 43.9 Å². The molecule has 26 heavy (non-hydrogen) atoms. The largest absolute Gasteiger partial charge is 0.355 e. The van der Waals surface area contributed by atoms with Crippen LogP contribution in [0.25, 0.3) is 5.82 Å². The van der Waals surface area contributed by atoms with E-state index in [4.69, 9.17) is 0 Å². The van der Waals surface area contributed by atoms with E-state index in [0.29, 0.717) is 18.3 Å². The summed E-state index contributed by atoms with van der Waals surface area (Å²) < 4.78 is 3.08. The highest BCUT2D eigenvalue weighted by molar-refractivity contribution is 5.37. The van der Waals surface area contributed by atoms with E-state index < -0.39 is 0 Å². The van der Waals surface area contributed by atoms with Crippen LogP contribution in [0.15, 0.2) is 41.7 Å².